The lowest BCUT2D eigenvalue weighted by Crippen LogP contribution is -2.41. The van der Waals surface area contributed by atoms with Crippen molar-refractivity contribution in [3.63, 3.8) is 0 Å². The number of rotatable bonds is 2. The van der Waals surface area contributed by atoms with E-state index < -0.39 is 12.1 Å². The molecule has 0 saturated carbocycles. The smallest absolute Gasteiger partial charge is 0.406 e. The van der Waals surface area contributed by atoms with Crippen molar-refractivity contribution in [2.24, 2.45) is 21.5 Å². The van der Waals surface area contributed by atoms with Gasteiger partial charge in [0, 0.05) is 23.6 Å². The molecule has 25 heavy (non-hydrogen) atoms. The number of ether oxygens (including phenoxy) is 1. The van der Waals surface area contributed by atoms with Gasteiger partial charge in [-0.2, -0.15) is 4.99 Å². The van der Waals surface area contributed by atoms with Gasteiger partial charge in [-0.25, -0.2) is 4.99 Å². The Hall–Kier alpha value is -1.68. The zero-order valence-corrected chi connectivity index (χ0v) is 15.5. The average Bonchev–Trinajstić information content (AvgIpc) is 2.45. The monoisotopic (exact) mass is 443 g/mol. The van der Waals surface area contributed by atoms with E-state index in [-0.39, 0.29) is 30.0 Å². The largest absolute Gasteiger partial charge is 0.573 e. The molecule has 0 unspecified atom stereocenters. The highest BCUT2D eigenvalue weighted by molar-refractivity contribution is 9.10. The molecule has 1 aliphatic heterocycles. The van der Waals surface area contributed by atoms with E-state index in [1.165, 1.54) is 12.1 Å². The number of hydrogen-bond donors (Lipinski definition) is 2. The molecule has 0 atom stereocenters. The Kier molecular flexibility index (Phi) is 7.81. The van der Waals surface area contributed by atoms with Crippen LogP contribution in [-0.4, -0.2) is 36.3 Å². The molecule has 0 amide bonds. The summed E-state index contributed by atoms with van der Waals surface area (Å²) in [6.07, 6.45) is -1.59. The van der Waals surface area contributed by atoms with Gasteiger partial charge < -0.3 is 21.1 Å². The van der Waals surface area contributed by atoms with Crippen LogP contribution in [0.1, 0.15) is 19.3 Å². The molecule has 1 aromatic carbocycles. The number of nitrogens with two attached hydrogens (primary N) is 2. The highest BCUT2D eigenvalue weighted by Crippen LogP contribution is 2.30. The fraction of sp³-hybridized carbons (Fsp3) is 0.429. The van der Waals surface area contributed by atoms with E-state index in [1.54, 1.807) is 0 Å². The Morgan fingerprint density at radius 2 is 1.76 bits per heavy atom. The van der Waals surface area contributed by atoms with Gasteiger partial charge in [0.1, 0.15) is 5.75 Å². The lowest BCUT2D eigenvalue weighted by molar-refractivity contribution is -0.274. The normalized spacial score (nSPS) is 16.4. The molecule has 140 valence electrons. The van der Waals surface area contributed by atoms with Crippen LogP contribution in [0.2, 0.25) is 0 Å². The van der Waals surface area contributed by atoms with E-state index in [1.807, 2.05) is 4.90 Å². The van der Waals surface area contributed by atoms with Gasteiger partial charge >= 0.3 is 6.36 Å². The van der Waals surface area contributed by atoms with Crippen molar-refractivity contribution in [2.45, 2.75) is 25.6 Å². The molecular weight excluding hydrogens is 427 g/mol. The second kappa shape index (κ2) is 9.14. The third-order valence-corrected chi connectivity index (χ3v) is 3.70. The molecule has 4 N–H and O–H groups in total. The molecule has 11 heteroatoms. The van der Waals surface area contributed by atoms with Crippen LogP contribution in [0.25, 0.3) is 0 Å². The Balaban J connectivity index is 0.00000312. The highest BCUT2D eigenvalue weighted by Gasteiger charge is 2.31. The molecule has 0 aliphatic carbocycles. The van der Waals surface area contributed by atoms with Gasteiger partial charge in [0.25, 0.3) is 0 Å². The maximum absolute atomic E-state index is 12.3. The Morgan fingerprint density at radius 3 is 2.36 bits per heavy atom. The highest BCUT2D eigenvalue weighted by atomic mass is 79.9. The Morgan fingerprint density at radius 1 is 1.12 bits per heavy atom. The van der Waals surface area contributed by atoms with Crippen molar-refractivity contribution < 1.29 is 17.9 Å². The third-order valence-electron chi connectivity index (χ3n) is 3.24. The number of aliphatic imine (C=N–C) groups is 2. The summed E-state index contributed by atoms with van der Waals surface area (Å²) in [6.45, 7) is 1.59. The predicted octanol–water partition coefficient (Wildman–Crippen LogP) is 3.52. The van der Waals surface area contributed by atoms with Gasteiger partial charge in [-0.15, -0.1) is 25.6 Å². The van der Waals surface area contributed by atoms with Crippen molar-refractivity contribution in [2.75, 3.05) is 13.1 Å². The average molecular weight is 445 g/mol. The van der Waals surface area contributed by atoms with Crippen LogP contribution in [0.4, 0.5) is 18.9 Å². The van der Waals surface area contributed by atoms with Crippen LogP contribution in [0.5, 0.6) is 5.75 Å². The SMILES string of the molecule is Cl.NC(=Nc1cc(Br)cc(OC(F)(F)F)c1)N=C(N)N1CCCCC1. The minimum Gasteiger partial charge on any atom is -0.406 e. The fourth-order valence-electron chi connectivity index (χ4n) is 2.27. The van der Waals surface area contributed by atoms with Gasteiger partial charge in [-0.1, -0.05) is 15.9 Å². The minimum absolute atomic E-state index is 0. The standard InChI is InChI=1S/C14H17BrF3N5O.ClH/c15-9-6-10(8-11(7-9)24-14(16,17)18)21-12(19)22-13(20)23-4-2-1-3-5-23;/h6-8H,1-5H2,(H4,19,20,21,22);1H. The molecule has 0 aromatic heterocycles. The summed E-state index contributed by atoms with van der Waals surface area (Å²) in [7, 11) is 0. The topological polar surface area (TPSA) is 89.2 Å². The van der Waals surface area contributed by atoms with Gasteiger partial charge in [-0.05, 0) is 31.4 Å². The van der Waals surface area contributed by atoms with Gasteiger partial charge in [0.15, 0.2) is 5.96 Å². The summed E-state index contributed by atoms with van der Waals surface area (Å²) in [5.41, 5.74) is 11.8. The van der Waals surface area contributed by atoms with E-state index in [2.05, 4.69) is 30.7 Å². The summed E-state index contributed by atoms with van der Waals surface area (Å²) in [4.78, 5) is 9.86. The van der Waals surface area contributed by atoms with Crippen molar-refractivity contribution in [1.82, 2.24) is 4.90 Å². The predicted molar refractivity (Wildman–Crippen MR) is 96.4 cm³/mol. The minimum atomic E-state index is -4.79. The first kappa shape index (κ1) is 21.4. The van der Waals surface area contributed by atoms with E-state index in [4.69, 9.17) is 11.5 Å². The van der Waals surface area contributed by atoms with E-state index in [9.17, 15) is 13.2 Å². The molecule has 6 nitrogen and oxygen atoms in total. The van der Waals surface area contributed by atoms with Crippen LogP contribution < -0.4 is 16.2 Å². The van der Waals surface area contributed by atoms with E-state index in [0.717, 1.165) is 38.4 Å². The molecule has 1 aliphatic rings. The zero-order valence-electron chi connectivity index (χ0n) is 13.1. The number of guanidine groups is 2. The lowest BCUT2D eigenvalue weighted by atomic mass is 10.1. The quantitative estimate of drug-likeness (QED) is 0.539. The maximum atomic E-state index is 12.3. The molecule has 1 saturated heterocycles. The van der Waals surface area contributed by atoms with Crippen LogP contribution in [0.3, 0.4) is 0 Å². The first-order chi connectivity index (χ1) is 11.2. The molecule has 2 rings (SSSR count). The van der Waals surface area contributed by atoms with E-state index >= 15 is 0 Å². The number of benzene rings is 1. The second-order valence-corrected chi connectivity index (χ2v) is 6.10. The van der Waals surface area contributed by atoms with Crippen molar-refractivity contribution >= 4 is 45.9 Å². The summed E-state index contributed by atoms with van der Waals surface area (Å²) >= 11 is 3.10. The zero-order chi connectivity index (χ0) is 17.7. The van der Waals surface area contributed by atoms with Crippen molar-refractivity contribution in [3.05, 3.63) is 22.7 Å². The first-order valence-electron chi connectivity index (χ1n) is 7.22. The molecule has 1 heterocycles. The first-order valence-corrected chi connectivity index (χ1v) is 8.02. The molecule has 1 aromatic rings. The number of halogens is 5. The number of nitrogens with zero attached hydrogens (tertiary/aromatic N) is 3. The Labute approximate surface area is 157 Å². The molecule has 0 radical (unpaired) electrons. The molecular formula is C14H18BrClF3N5O. The van der Waals surface area contributed by atoms with Gasteiger partial charge in [0.2, 0.25) is 5.96 Å². The van der Waals surface area contributed by atoms with Crippen LogP contribution in [-0.2, 0) is 0 Å². The second-order valence-electron chi connectivity index (χ2n) is 5.18. The van der Waals surface area contributed by atoms with E-state index in [0.29, 0.717) is 4.47 Å². The number of alkyl halides is 3. The summed E-state index contributed by atoms with van der Waals surface area (Å²) < 4.78 is 41.1. The van der Waals surface area contributed by atoms with Gasteiger partial charge in [0.05, 0.1) is 5.69 Å². The fourth-order valence-corrected chi connectivity index (χ4v) is 2.73. The Bertz CT molecular complexity index is 648. The molecule has 0 spiro atoms. The van der Waals surface area contributed by atoms with Gasteiger partial charge in [-0.3, -0.25) is 0 Å². The molecule has 0 bridgehead atoms. The van der Waals surface area contributed by atoms with Crippen molar-refractivity contribution in [3.8, 4) is 5.75 Å². The summed E-state index contributed by atoms with van der Waals surface area (Å²) in [6, 6.07) is 3.77. The lowest BCUT2D eigenvalue weighted by Gasteiger charge is -2.27. The molecule has 1 fully saturated rings. The van der Waals surface area contributed by atoms with Crippen molar-refractivity contribution in [1.29, 1.82) is 0 Å². The summed E-state index contributed by atoms with van der Waals surface area (Å²) in [5.74, 6) is -0.303. The summed E-state index contributed by atoms with van der Waals surface area (Å²) in [5, 5.41) is 0. The maximum Gasteiger partial charge on any atom is 0.573 e. The van der Waals surface area contributed by atoms with Crippen LogP contribution in [0, 0.1) is 0 Å². The van der Waals surface area contributed by atoms with Crippen LogP contribution in [0.15, 0.2) is 32.7 Å². The number of piperidine rings is 1. The van der Waals surface area contributed by atoms with Crippen LogP contribution >= 0.6 is 28.3 Å². The number of likely N-dealkylation sites (tertiary alicyclic amines) is 1. The number of hydrogen-bond acceptors (Lipinski definition) is 2. The third kappa shape index (κ3) is 7.39.